The number of anilines is 1. The van der Waals surface area contributed by atoms with E-state index in [1.165, 1.54) is 14.2 Å². The van der Waals surface area contributed by atoms with Gasteiger partial charge in [0.15, 0.2) is 11.5 Å². The van der Waals surface area contributed by atoms with E-state index < -0.39 is 11.6 Å². The van der Waals surface area contributed by atoms with Gasteiger partial charge in [0, 0.05) is 11.8 Å². The van der Waals surface area contributed by atoms with Crippen LogP contribution in [0, 0.1) is 5.41 Å². The smallest absolute Gasteiger partial charge is 0.493 e. The Hall–Kier alpha value is -2.44. The Bertz CT molecular complexity index is 546. The Morgan fingerprint density at radius 3 is 2.38 bits per heavy atom. The number of carbonyl (C=O) groups excluding carboxylic acids is 2. The maximum absolute atomic E-state index is 12.3. The number of methoxy groups -OCH3 is 2. The van der Waals surface area contributed by atoms with Crippen molar-refractivity contribution in [3.8, 4) is 11.5 Å². The van der Waals surface area contributed by atoms with Crippen molar-refractivity contribution in [3.05, 3.63) is 18.2 Å². The maximum Gasteiger partial charge on any atom is 0.508 e. The van der Waals surface area contributed by atoms with Gasteiger partial charge in [-0.25, -0.2) is 4.79 Å². The number of rotatable bonds is 4. The van der Waals surface area contributed by atoms with Gasteiger partial charge in [0.1, 0.15) is 18.6 Å². The molecule has 1 N–H and O–H groups in total. The second-order valence-electron chi connectivity index (χ2n) is 4.91. The standard InChI is InChI=1S/C14H17NO6/c1-14(7-20-13(17)21-8-14)12(16)15-9-4-5-10(18-2)11(6-9)19-3/h4-6H,7-8H2,1-3H3,(H,15,16). The summed E-state index contributed by atoms with van der Waals surface area (Å²) in [5, 5.41) is 2.75. The van der Waals surface area contributed by atoms with Gasteiger partial charge in [0.25, 0.3) is 0 Å². The minimum atomic E-state index is -0.929. The van der Waals surface area contributed by atoms with Gasteiger partial charge in [-0.15, -0.1) is 0 Å². The molecule has 0 saturated carbocycles. The van der Waals surface area contributed by atoms with Crippen LogP contribution in [0.2, 0.25) is 0 Å². The topological polar surface area (TPSA) is 83.1 Å². The van der Waals surface area contributed by atoms with Gasteiger partial charge >= 0.3 is 6.16 Å². The van der Waals surface area contributed by atoms with Gasteiger partial charge in [-0.1, -0.05) is 0 Å². The van der Waals surface area contributed by atoms with Crippen LogP contribution in [0.1, 0.15) is 6.92 Å². The zero-order valence-corrected chi connectivity index (χ0v) is 12.1. The highest BCUT2D eigenvalue weighted by Crippen LogP contribution is 2.31. The minimum absolute atomic E-state index is 0.0229. The minimum Gasteiger partial charge on any atom is -0.493 e. The van der Waals surface area contributed by atoms with Crippen molar-refractivity contribution < 1.29 is 28.5 Å². The summed E-state index contributed by atoms with van der Waals surface area (Å²) in [7, 11) is 3.05. The molecule has 0 atom stereocenters. The third-order valence-corrected chi connectivity index (χ3v) is 3.21. The predicted octanol–water partition coefficient (Wildman–Crippen LogP) is 1.82. The molecule has 1 amide bonds. The average Bonchev–Trinajstić information content (AvgIpc) is 2.50. The molecule has 0 unspecified atom stereocenters. The van der Waals surface area contributed by atoms with E-state index in [4.69, 9.17) is 18.9 Å². The third-order valence-electron chi connectivity index (χ3n) is 3.21. The van der Waals surface area contributed by atoms with Crippen molar-refractivity contribution in [1.82, 2.24) is 0 Å². The Balaban J connectivity index is 2.10. The van der Waals surface area contributed by atoms with Crippen LogP contribution in [0.5, 0.6) is 11.5 Å². The molecule has 7 heteroatoms. The number of hydrogen-bond donors (Lipinski definition) is 1. The molecular formula is C14H17NO6. The van der Waals surface area contributed by atoms with Crippen molar-refractivity contribution in [2.24, 2.45) is 5.41 Å². The van der Waals surface area contributed by atoms with Crippen LogP contribution in [0.3, 0.4) is 0 Å². The summed E-state index contributed by atoms with van der Waals surface area (Å²) in [6.45, 7) is 1.62. The molecule has 2 rings (SSSR count). The van der Waals surface area contributed by atoms with Crippen molar-refractivity contribution in [3.63, 3.8) is 0 Å². The van der Waals surface area contributed by atoms with E-state index in [0.29, 0.717) is 17.2 Å². The predicted molar refractivity (Wildman–Crippen MR) is 73.6 cm³/mol. The molecule has 114 valence electrons. The van der Waals surface area contributed by atoms with Crippen LogP contribution in [0.25, 0.3) is 0 Å². The average molecular weight is 295 g/mol. The van der Waals surface area contributed by atoms with Gasteiger partial charge in [-0.05, 0) is 19.1 Å². The van der Waals surface area contributed by atoms with Crippen LogP contribution in [0.4, 0.5) is 10.5 Å². The van der Waals surface area contributed by atoms with Crippen molar-refractivity contribution in [1.29, 1.82) is 0 Å². The van der Waals surface area contributed by atoms with Gasteiger partial charge in [-0.2, -0.15) is 0 Å². The number of cyclic esters (lactones) is 2. The molecule has 0 aromatic heterocycles. The second-order valence-corrected chi connectivity index (χ2v) is 4.91. The highest BCUT2D eigenvalue weighted by molar-refractivity contribution is 5.96. The Morgan fingerprint density at radius 1 is 1.19 bits per heavy atom. The van der Waals surface area contributed by atoms with E-state index in [2.05, 4.69) is 5.32 Å². The monoisotopic (exact) mass is 295 g/mol. The number of ether oxygens (including phenoxy) is 4. The fourth-order valence-electron chi connectivity index (χ4n) is 1.85. The lowest BCUT2D eigenvalue weighted by molar-refractivity contribution is -0.135. The van der Waals surface area contributed by atoms with Gasteiger partial charge in [0.2, 0.25) is 5.91 Å². The summed E-state index contributed by atoms with van der Waals surface area (Å²) in [6, 6.07) is 5.03. The molecule has 0 spiro atoms. The number of carbonyl (C=O) groups is 2. The molecule has 7 nitrogen and oxygen atoms in total. The molecule has 1 aromatic carbocycles. The molecule has 0 radical (unpaired) electrons. The first-order chi connectivity index (χ1) is 9.98. The van der Waals surface area contributed by atoms with E-state index in [1.807, 2.05) is 0 Å². The number of hydrogen-bond acceptors (Lipinski definition) is 6. The van der Waals surface area contributed by atoms with Gasteiger partial charge in [-0.3, -0.25) is 4.79 Å². The summed E-state index contributed by atoms with van der Waals surface area (Å²) in [5.41, 5.74) is -0.378. The van der Waals surface area contributed by atoms with Crippen LogP contribution in [0.15, 0.2) is 18.2 Å². The molecule has 1 heterocycles. The van der Waals surface area contributed by atoms with E-state index in [1.54, 1.807) is 25.1 Å². The lowest BCUT2D eigenvalue weighted by Crippen LogP contribution is -2.46. The first-order valence-corrected chi connectivity index (χ1v) is 6.31. The van der Waals surface area contributed by atoms with Crippen LogP contribution in [-0.4, -0.2) is 39.5 Å². The number of nitrogens with one attached hydrogen (secondary N) is 1. The molecule has 0 bridgehead atoms. The second kappa shape index (κ2) is 5.90. The summed E-state index contributed by atoms with van der Waals surface area (Å²) >= 11 is 0. The van der Waals surface area contributed by atoms with Gasteiger partial charge < -0.3 is 24.3 Å². The maximum atomic E-state index is 12.3. The summed E-state index contributed by atoms with van der Waals surface area (Å²) in [4.78, 5) is 23.2. The van der Waals surface area contributed by atoms with Crippen LogP contribution < -0.4 is 14.8 Å². The third kappa shape index (κ3) is 3.18. The van der Waals surface area contributed by atoms with Gasteiger partial charge in [0.05, 0.1) is 14.2 Å². The van der Waals surface area contributed by atoms with Crippen LogP contribution >= 0.6 is 0 Å². The van der Waals surface area contributed by atoms with Crippen molar-refractivity contribution in [2.45, 2.75) is 6.92 Å². The molecule has 21 heavy (non-hydrogen) atoms. The van der Waals surface area contributed by atoms with E-state index in [0.717, 1.165) is 0 Å². The number of amides is 1. The lowest BCUT2D eigenvalue weighted by Gasteiger charge is -2.30. The Labute approximate surface area is 122 Å². The van der Waals surface area contributed by atoms with Crippen molar-refractivity contribution >= 4 is 17.7 Å². The molecule has 1 aliphatic rings. The molecule has 1 aliphatic heterocycles. The fourth-order valence-corrected chi connectivity index (χ4v) is 1.85. The lowest BCUT2D eigenvalue weighted by atomic mass is 9.91. The molecule has 1 aromatic rings. The summed E-state index contributed by atoms with van der Waals surface area (Å²) in [6.07, 6.45) is -0.758. The molecule has 1 saturated heterocycles. The highest BCUT2D eigenvalue weighted by atomic mass is 16.7. The quantitative estimate of drug-likeness (QED) is 0.853. The summed E-state index contributed by atoms with van der Waals surface area (Å²) in [5.74, 6) is 0.769. The normalized spacial score (nSPS) is 16.4. The number of benzene rings is 1. The molecule has 1 fully saturated rings. The van der Waals surface area contributed by atoms with E-state index in [-0.39, 0.29) is 19.1 Å². The summed E-state index contributed by atoms with van der Waals surface area (Å²) < 4.78 is 19.8. The SMILES string of the molecule is COc1ccc(NC(=O)C2(C)COC(=O)OC2)cc1OC. The largest absolute Gasteiger partial charge is 0.508 e. The van der Waals surface area contributed by atoms with Crippen LogP contribution in [-0.2, 0) is 14.3 Å². The molecular weight excluding hydrogens is 278 g/mol. The zero-order chi connectivity index (χ0) is 15.5. The first-order valence-electron chi connectivity index (χ1n) is 6.31. The van der Waals surface area contributed by atoms with Crippen molar-refractivity contribution in [2.75, 3.05) is 32.8 Å². The Morgan fingerprint density at radius 2 is 1.81 bits per heavy atom. The highest BCUT2D eigenvalue weighted by Gasteiger charge is 2.40. The first kappa shape index (κ1) is 15.0. The van der Waals surface area contributed by atoms with E-state index >= 15 is 0 Å². The zero-order valence-electron chi connectivity index (χ0n) is 12.1. The molecule has 0 aliphatic carbocycles. The fraction of sp³-hybridized carbons (Fsp3) is 0.429. The van der Waals surface area contributed by atoms with E-state index in [9.17, 15) is 9.59 Å². The Kier molecular flexibility index (Phi) is 4.21.